The average Bonchev–Trinajstić information content (AvgIpc) is 3.08. The largest absolute Gasteiger partial charge is 0.477 e. The number of hydrogen-bond donors (Lipinski definition) is 1. The Labute approximate surface area is 141 Å². The Hall–Kier alpha value is -2.47. The summed E-state index contributed by atoms with van der Waals surface area (Å²) in [7, 11) is 0. The molecule has 3 rings (SSSR count). The van der Waals surface area contributed by atoms with E-state index >= 15 is 0 Å². The molecule has 0 radical (unpaired) electrons. The number of rotatable bonds is 6. The number of nitrogens with zero attached hydrogens (tertiary/aromatic N) is 3. The van der Waals surface area contributed by atoms with Crippen molar-refractivity contribution in [3.8, 4) is 17.2 Å². The third-order valence-corrected chi connectivity index (χ3v) is 3.73. The molecule has 0 aliphatic heterocycles. The highest BCUT2D eigenvalue weighted by atomic mass is 16.5. The molecule has 3 aromatic rings. The fraction of sp³-hybridized carbons (Fsp3) is 0.389. The van der Waals surface area contributed by atoms with Crippen molar-refractivity contribution in [3.05, 3.63) is 36.6 Å². The van der Waals surface area contributed by atoms with Crippen molar-refractivity contribution in [1.82, 2.24) is 15.0 Å². The van der Waals surface area contributed by atoms with E-state index in [1.54, 1.807) is 6.20 Å². The molecular weight excluding hydrogens is 304 g/mol. The van der Waals surface area contributed by atoms with Crippen LogP contribution in [0.2, 0.25) is 0 Å². The molecule has 1 atom stereocenters. The van der Waals surface area contributed by atoms with Gasteiger partial charge in [0.2, 0.25) is 5.88 Å². The Kier molecular flexibility index (Phi) is 4.76. The van der Waals surface area contributed by atoms with Crippen molar-refractivity contribution in [2.24, 2.45) is 11.7 Å². The van der Waals surface area contributed by atoms with E-state index < -0.39 is 0 Å². The van der Waals surface area contributed by atoms with Gasteiger partial charge in [0.05, 0.1) is 29.7 Å². The smallest absolute Gasteiger partial charge is 0.224 e. The Morgan fingerprint density at radius 1 is 1.25 bits per heavy atom. The van der Waals surface area contributed by atoms with E-state index in [-0.39, 0.29) is 6.04 Å². The van der Waals surface area contributed by atoms with Crippen LogP contribution in [0.4, 0.5) is 0 Å². The molecule has 6 heteroatoms. The summed E-state index contributed by atoms with van der Waals surface area (Å²) in [6.45, 7) is 6.72. The molecule has 2 aromatic heterocycles. The van der Waals surface area contributed by atoms with Gasteiger partial charge in [0.25, 0.3) is 0 Å². The van der Waals surface area contributed by atoms with E-state index in [4.69, 9.17) is 14.9 Å². The highest BCUT2D eigenvalue weighted by Gasteiger charge is 2.16. The zero-order chi connectivity index (χ0) is 17.1. The van der Waals surface area contributed by atoms with Crippen LogP contribution in [0.3, 0.4) is 0 Å². The van der Waals surface area contributed by atoms with Crippen LogP contribution >= 0.6 is 0 Å². The lowest BCUT2D eigenvalue weighted by Crippen LogP contribution is -2.17. The summed E-state index contributed by atoms with van der Waals surface area (Å²) in [5.41, 5.74) is 7.97. The first-order valence-electron chi connectivity index (χ1n) is 8.17. The lowest BCUT2D eigenvalue weighted by molar-refractivity contribution is 0.328. The molecule has 0 bridgehead atoms. The van der Waals surface area contributed by atoms with Crippen molar-refractivity contribution in [3.63, 3.8) is 0 Å². The molecule has 0 spiro atoms. The quantitative estimate of drug-likeness (QED) is 0.742. The molecule has 1 unspecified atom stereocenters. The summed E-state index contributed by atoms with van der Waals surface area (Å²) in [6.07, 6.45) is 3.91. The van der Waals surface area contributed by atoms with E-state index in [0.29, 0.717) is 30.0 Å². The minimum Gasteiger partial charge on any atom is -0.477 e. The van der Waals surface area contributed by atoms with Gasteiger partial charge in [0, 0.05) is 5.56 Å². The second-order valence-corrected chi connectivity index (χ2v) is 6.15. The molecule has 2 heterocycles. The molecule has 0 amide bonds. The Bertz CT molecular complexity index is 815. The molecule has 0 saturated heterocycles. The maximum Gasteiger partial charge on any atom is 0.224 e. The molecule has 0 fully saturated rings. The summed E-state index contributed by atoms with van der Waals surface area (Å²) in [6, 6.07) is 5.63. The van der Waals surface area contributed by atoms with Crippen molar-refractivity contribution in [2.75, 3.05) is 6.61 Å². The SMILES string of the molecule is CCOc1nc(C(N)CC(C)C)nc2ccc(-c3cnco3)cc12. The fourth-order valence-electron chi connectivity index (χ4n) is 2.65. The molecule has 0 aliphatic rings. The minimum absolute atomic E-state index is 0.206. The molecule has 1 aromatic carbocycles. The number of benzene rings is 1. The van der Waals surface area contributed by atoms with Gasteiger partial charge in [-0.25, -0.2) is 9.97 Å². The number of aromatic nitrogens is 3. The van der Waals surface area contributed by atoms with Gasteiger partial charge in [0.1, 0.15) is 5.82 Å². The topological polar surface area (TPSA) is 87.1 Å². The van der Waals surface area contributed by atoms with E-state index in [9.17, 15) is 0 Å². The van der Waals surface area contributed by atoms with E-state index in [0.717, 1.165) is 22.9 Å². The summed E-state index contributed by atoms with van der Waals surface area (Å²) in [5.74, 6) is 2.34. The van der Waals surface area contributed by atoms with Gasteiger partial charge in [-0.1, -0.05) is 13.8 Å². The van der Waals surface area contributed by atoms with Crippen molar-refractivity contribution in [2.45, 2.75) is 33.2 Å². The third-order valence-electron chi connectivity index (χ3n) is 3.73. The highest BCUT2D eigenvalue weighted by Crippen LogP contribution is 2.30. The van der Waals surface area contributed by atoms with Crippen LogP contribution in [-0.4, -0.2) is 21.6 Å². The van der Waals surface area contributed by atoms with Gasteiger partial charge in [-0.3, -0.25) is 0 Å². The number of fused-ring (bicyclic) bond motifs is 1. The van der Waals surface area contributed by atoms with Crippen LogP contribution in [0.25, 0.3) is 22.2 Å². The van der Waals surface area contributed by atoms with Crippen molar-refractivity contribution < 1.29 is 9.15 Å². The molecule has 2 N–H and O–H groups in total. The van der Waals surface area contributed by atoms with Crippen LogP contribution in [0, 0.1) is 5.92 Å². The van der Waals surface area contributed by atoms with E-state index in [1.165, 1.54) is 6.39 Å². The van der Waals surface area contributed by atoms with Crippen LogP contribution in [0.1, 0.15) is 39.1 Å². The summed E-state index contributed by atoms with van der Waals surface area (Å²) in [5, 5.41) is 0.839. The lowest BCUT2D eigenvalue weighted by atomic mass is 10.0. The summed E-state index contributed by atoms with van der Waals surface area (Å²) in [4.78, 5) is 13.1. The van der Waals surface area contributed by atoms with E-state index in [1.807, 2.05) is 25.1 Å². The Morgan fingerprint density at radius 2 is 2.08 bits per heavy atom. The predicted octanol–water partition coefficient (Wildman–Crippen LogP) is 3.73. The molecule has 0 saturated carbocycles. The number of hydrogen-bond acceptors (Lipinski definition) is 6. The zero-order valence-electron chi connectivity index (χ0n) is 14.2. The maximum atomic E-state index is 6.26. The number of oxazole rings is 1. The van der Waals surface area contributed by atoms with Crippen molar-refractivity contribution in [1.29, 1.82) is 0 Å². The van der Waals surface area contributed by atoms with Gasteiger partial charge in [0.15, 0.2) is 12.2 Å². The standard InChI is InChI=1S/C18H22N4O2/c1-4-23-18-13-8-12(16-9-20-10-24-16)5-6-15(13)21-17(22-18)14(19)7-11(2)3/h5-6,8-11,14H,4,7,19H2,1-3H3. The maximum absolute atomic E-state index is 6.26. The fourth-order valence-corrected chi connectivity index (χ4v) is 2.65. The normalized spacial score (nSPS) is 12.7. The predicted molar refractivity (Wildman–Crippen MR) is 92.6 cm³/mol. The van der Waals surface area contributed by atoms with Crippen LogP contribution in [0.15, 0.2) is 35.2 Å². The highest BCUT2D eigenvalue weighted by molar-refractivity contribution is 5.87. The van der Waals surface area contributed by atoms with Crippen LogP contribution in [-0.2, 0) is 0 Å². The average molecular weight is 326 g/mol. The first-order valence-corrected chi connectivity index (χ1v) is 8.17. The first kappa shape index (κ1) is 16.4. The van der Waals surface area contributed by atoms with Gasteiger partial charge in [-0.2, -0.15) is 4.98 Å². The van der Waals surface area contributed by atoms with Crippen molar-refractivity contribution >= 4 is 10.9 Å². The Morgan fingerprint density at radius 3 is 2.75 bits per heavy atom. The van der Waals surface area contributed by atoms with Gasteiger partial charge < -0.3 is 14.9 Å². The second kappa shape index (κ2) is 6.97. The monoisotopic (exact) mass is 326 g/mol. The minimum atomic E-state index is -0.206. The van der Waals surface area contributed by atoms with Gasteiger partial charge in [-0.05, 0) is 37.5 Å². The zero-order valence-corrected chi connectivity index (χ0v) is 14.2. The van der Waals surface area contributed by atoms with Crippen LogP contribution < -0.4 is 10.5 Å². The first-order chi connectivity index (χ1) is 11.6. The molecule has 6 nitrogen and oxygen atoms in total. The molecule has 24 heavy (non-hydrogen) atoms. The lowest BCUT2D eigenvalue weighted by Gasteiger charge is -2.15. The Balaban J connectivity index is 2.08. The summed E-state index contributed by atoms with van der Waals surface area (Å²) < 4.78 is 11.1. The van der Waals surface area contributed by atoms with Crippen LogP contribution in [0.5, 0.6) is 5.88 Å². The third kappa shape index (κ3) is 3.38. The summed E-state index contributed by atoms with van der Waals surface area (Å²) >= 11 is 0. The van der Waals surface area contributed by atoms with Gasteiger partial charge >= 0.3 is 0 Å². The molecule has 126 valence electrons. The molecule has 0 aliphatic carbocycles. The number of nitrogens with two attached hydrogens (primary N) is 1. The second-order valence-electron chi connectivity index (χ2n) is 6.15. The van der Waals surface area contributed by atoms with E-state index in [2.05, 4.69) is 28.8 Å². The van der Waals surface area contributed by atoms with Gasteiger partial charge in [-0.15, -0.1) is 0 Å². The molecular formula is C18H22N4O2. The number of ether oxygens (including phenoxy) is 1.